The van der Waals surface area contributed by atoms with Crippen molar-refractivity contribution < 1.29 is 69.1 Å². The van der Waals surface area contributed by atoms with E-state index in [1.165, 1.54) is 11.8 Å². The third-order valence-electron chi connectivity index (χ3n) is 2.51. The van der Waals surface area contributed by atoms with Crippen LogP contribution < -0.4 is 61.6 Å². The topological polar surface area (TPSA) is 27.1 Å². The number of aromatic nitrogens is 2. The fourth-order valence-electron chi connectivity index (χ4n) is 1.59. The van der Waals surface area contributed by atoms with Crippen molar-refractivity contribution in [3.63, 3.8) is 0 Å². The Kier molecular flexibility index (Phi) is 6.13. The number of benzene rings is 1. The maximum atomic E-state index is 12.4. The van der Waals surface area contributed by atoms with Crippen LogP contribution in [0.3, 0.4) is 0 Å². The fourth-order valence-corrected chi connectivity index (χ4v) is 1.59. The van der Waals surface area contributed by atoms with E-state index in [-0.39, 0.29) is 57.9 Å². The van der Waals surface area contributed by atoms with E-state index < -0.39 is 12.4 Å². The first-order chi connectivity index (χ1) is 8.49. The van der Waals surface area contributed by atoms with E-state index in [0.717, 1.165) is 18.0 Å². The molecule has 1 heterocycles. The first kappa shape index (κ1) is 16.8. The quantitative estimate of drug-likeness (QED) is 0.676. The standard InChI is InChI=1S/C11H11BF3N2O.K/c1-18-11-4-2-3-9(5-11)7-17-8-10(6-16-17)12(13,14)15;/h2-6,8H,7H2,1H3;/q-1;+1. The molecule has 1 aromatic carbocycles. The average molecular weight is 294 g/mol. The van der Waals surface area contributed by atoms with Crippen LogP contribution in [-0.2, 0) is 6.54 Å². The third kappa shape index (κ3) is 4.64. The van der Waals surface area contributed by atoms with Crippen molar-refractivity contribution in [3.05, 3.63) is 42.2 Å². The van der Waals surface area contributed by atoms with Gasteiger partial charge in [-0.3, -0.25) is 4.68 Å². The monoisotopic (exact) mass is 294 g/mol. The molecular weight excluding hydrogens is 283 g/mol. The van der Waals surface area contributed by atoms with Crippen LogP contribution in [0.15, 0.2) is 36.7 Å². The Morgan fingerprint density at radius 1 is 1.32 bits per heavy atom. The zero-order valence-corrected chi connectivity index (χ0v) is 13.8. The molecule has 0 spiro atoms. The zero-order chi connectivity index (χ0) is 13.2. The van der Waals surface area contributed by atoms with Gasteiger partial charge in [0.15, 0.2) is 0 Å². The van der Waals surface area contributed by atoms with Gasteiger partial charge in [0.2, 0.25) is 0 Å². The molecule has 8 heteroatoms. The average Bonchev–Trinajstić information content (AvgIpc) is 2.77. The molecule has 0 unspecified atom stereocenters. The fraction of sp³-hybridized carbons (Fsp3) is 0.182. The summed E-state index contributed by atoms with van der Waals surface area (Å²) in [5, 5.41) is 3.70. The largest absolute Gasteiger partial charge is 1.00 e. The number of nitrogens with zero attached hydrogens (tertiary/aromatic N) is 2. The molecular formula is C11H11BF3KN2O. The molecule has 0 aliphatic carbocycles. The van der Waals surface area contributed by atoms with Gasteiger partial charge in [-0.2, -0.15) is 5.10 Å². The second-order valence-electron chi connectivity index (χ2n) is 3.90. The molecule has 0 saturated heterocycles. The number of hydrogen-bond donors (Lipinski definition) is 0. The summed E-state index contributed by atoms with van der Waals surface area (Å²) in [6.45, 7) is -4.70. The number of halogens is 3. The Hall–Kier alpha value is -0.279. The van der Waals surface area contributed by atoms with Crippen LogP contribution in [0.4, 0.5) is 12.9 Å². The van der Waals surface area contributed by atoms with Crippen LogP contribution in [-0.4, -0.2) is 23.9 Å². The minimum Gasteiger partial charge on any atom is -0.497 e. The van der Waals surface area contributed by atoms with E-state index in [0.29, 0.717) is 5.75 Å². The van der Waals surface area contributed by atoms with Crippen LogP contribution in [0.25, 0.3) is 0 Å². The van der Waals surface area contributed by atoms with E-state index >= 15 is 0 Å². The van der Waals surface area contributed by atoms with Crippen LogP contribution in [0.2, 0.25) is 0 Å². The van der Waals surface area contributed by atoms with Gasteiger partial charge in [0.05, 0.1) is 13.7 Å². The maximum absolute atomic E-state index is 12.4. The van der Waals surface area contributed by atoms with Gasteiger partial charge < -0.3 is 17.7 Å². The summed E-state index contributed by atoms with van der Waals surface area (Å²) < 4.78 is 43.7. The predicted molar refractivity (Wildman–Crippen MR) is 63.0 cm³/mol. The van der Waals surface area contributed by atoms with Crippen molar-refractivity contribution in [1.82, 2.24) is 9.78 Å². The molecule has 2 aromatic rings. The van der Waals surface area contributed by atoms with Gasteiger partial charge >= 0.3 is 58.4 Å². The summed E-state index contributed by atoms with van der Waals surface area (Å²) in [6.07, 6.45) is 1.86. The van der Waals surface area contributed by atoms with Crippen molar-refractivity contribution in [2.45, 2.75) is 6.54 Å². The van der Waals surface area contributed by atoms with Crippen molar-refractivity contribution in [2.75, 3.05) is 7.11 Å². The molecule has 0 amide bonds. The molecule has 19 heavy (non-hydrogen) atoms. The maximum Gasteiger partial charge on any atom is 1.00 e. The van der Waals surface area contributed by atoms with Gasteiger partial charge in [-0.1, -0.05) is 17.6 Å². The Bertz CT molecular complexity index is 545. The summed E-state index contributed by atoms with van der Waals surface area (Å²) in [5.41, 5.74) is 0.150. The molecule has 0 saturated carbocycles. The molecule has 2 rings (SSSR count). The minimum atomic E-state index is -4.98. The van der Waals surface area contributed by atoms with E-state index in [4.69, 9.17) is 4.74 Å². The van der Waals surface area contributed by atoms with Crippen LogP contribution >= 0.6 is 0 Å². The molecule has 0 atom stereocenters. The third-order valence-corrected chi connectivity index (χ3v) is 2.51. The van der Waals surface area contributed by atoms with E-state index in [1.807, 2.05) is 6.07 Å². The van der Waals surface area contributed by atoms with Crippen LogP contribution in [0.1, 0.15) is 5.56 Å². The summed E-state index contributed by atoms with van der Waals surface area (Å²) in [5.74, 6) is 0.667. The first-order valence-corrected chi connectivity index (χ1v) is 5.34. The van der Waals surface area contributed by atoms with Gasteiger partial charge in [-0.25, -0.2) is 0 Å². The van der Waals surface area contributed by atoms with Gasteiger partial charge in [0.1, 0.15) is 5.75 Å². The molecule has 0 radical (unpaired) electrons. The normalized spacial score (nSPS) is 10.9. The van der Waals surface area contributed by atoms with Gasteiger partial charge in [0.25, 0.3) is 0 Å². The molecule has 0 bridgehead atoms. The predicted octanol–water partition coefficient (Wildman–Crippen LogP) is -1.00. The summed E-state index contributed by atoms with van der Waals surface area (Å²) in [6, 6.07) is 7.13. The Morgan fingerprint density at radius 2 is 2.05 bits per heavy atom. The van der Waals surface area contributed by atoms with E-state index in [1.54, 1.807) is 18.2 Å². The Balaban J connectivity index is 0.00000180. The number of methoxy groups -OCH3 is 1. The smallest absolute Gasteiger partial charge is 0.497 e. The molecule has 0 aliphatic heterocycles. The Morgan fingerprint density at radius 3 is 2.63 bits per heavy atom. The second-order valence-corrected chi connectivity index (χ2v) is 3.90. The number of ether oxygens (including phenoxy) is 1. The second kappa shape index (κ2) is 6.94. The molecule has 1 aromatic heterocycles. The molecule has 0 aliphatic rings. The summed E-state index contributed by atoms with van der Waals surface area (Å²) in [4.78, 5) is 0. The molecule has 96 valence electrons. The van der Waals surface area contributed by atoms with Crippen molar-refractivity contribution in [2.24, 2.45) is 0 Å². The number of hydrogen-bond acceptors (Lipinski definition) is 2. The van der Waals surface area contributed by atoms with Crippen molar-refractivity contribution in [3.8, 4) is 5.75 Å². The minimum absolute atomic E-state index is 0. The number of rotatable bonds is 4. The van der Waals surface area contributed by atoms with Crippen LogP contribution in [0, 0.1) is 0 Å². The van der Waals surface area contributed by atoms with Gasteiger partial charge in [-0.05, 0) is 23.9 Å². The van der Waals surface area contributed by atoms with Crippen molar-refractivity contribution >= 4 is 12.4 Å². The molecule has 0 N–H and O–H groups in total. The SMILES string of the molecule is COc1cccc(Cn2cc([B-](F)(F)F)cn2)c1.[K+]. The van der Waals surface area contributed by atoms with E-state index in [9.17, 15) is 12.9 Å². The molecule has 0 fully saturated rings. The zero-order valence-electron chi connectivity index (χ0n) is 10.7. The van der Waals surface area contributed by atoms with Crippen molar-refractivity contribution in [1.29, 1.82) is 0 Å². The van der Waals surface area contributed by atoms with Gasteiger partial charge in [-0.15, -0.1) is 0 Å². The van der Waals surface area contributed by atoms with E-state index in [2.05, 4.69) is 5.10 Å². The van der Waals surface area contributed by atoms with Gasteiger partial charge in [0, 0.05) is 6.20 Å². The summed E-state index contributed by atoms with van der Waals surface area (Å²) in [7, 11) is 1.54. The first-order valence-electron chi connectivity index (χ1n) is 5.34. The summed E-state index contributed by atoms with van der Waals surface area (Å²) >= 11 is 0. The molecule has 3 nitrogen and oxygen atoms in total. The van der Waals surface area contributed by atoms with Crippen LogP contribution in [0.5, 0.6) is 5.75 Å². The Labute approximate surface area is 151 Å².